The van der Waals surface area contributed by atoms with Gasteiger partial charge in [-0.25, -0.2) is 0 Å². The normalized spacial score (nSPS) is 10.9. The molecule has 1 aromatic heterocycles. The molecule has 0 amide bonds. The number of nitrogens with zero attached hydrogens (tertiary/aromatic N) is 2. The number of fused-ring (bicyclic) bond motifs is 1. The van der Waals surface area contributed by atoms with E-state index in [1.54, 1.807) is 0 Å². The van der Waals surface area contributed by atoms with Crippen molar-refractivity contribution in [1.29, 1.82) is 5.41 Å². The molecule has 1 heterocycles. The number of benzene rings is 2. The molecular formula is C20H26BrN3O. The molecule has 25 heavy (non-hydrogen) atoms. The van der Waals surface area contributed by atoms with E-state index in [0.717, 1.165) is 28.9 Å². The van der Waals surface area contributed by atoms with E-state index in [9.17, 15) is 0 Å². The zero-order valence-corrected chi connectivity index (χ0v) is 16.7. The monoisotopic (exact) mass is 403 g/mol. The highest BCUT2D eigenvalue weighted by atomic mass is 79.9. The third-order valence-electron chi connectivity index (χ3n) is 4.19. The maximum atomic E-state index is 8.56. The second-order valence-corrected chi connectivity index (χ2v) is 6.58. The zero-order valence-electron chi connectivity index (χ0n) is 15.0. The van der Waals surface area contributed by atoms with Crippen LogP contribution >= 0.6 is 17.0 Å². The first-order valence-corrected chi connectivity index (χ1v) is 8.49. The third kappa shape index (κ3) is 4.15. The molecule has 0 fully saturated rings. The molecule has 0 radical (unpaired) electrons. The van der Waals surface area contributed by atoms with Gasteiger partial charge in [0.1, 0.15) is 12.4 Å². The molecule has 5 heteroatoms. The molecule has 4 nitrogen and oxygen atoms in total. The highest BCUT2D eigenvalue weighted by Gasteiger charge is 2.11. The third-order valence-corrected chi connectivity index (χ3v) is 4.19. The fourth-order valence-electron chi connectivity index (χ4n) is 3.04. The number of hydrogen-bond donors (Lipinski definition) is 1. The van der Waals surface area contributed by atoms with Crippen LogP contribution in [-0.2, 0) is 13.1 Å². The molecule has 134 valence electrons. The number of hydrogen-bond acceptors (Lipinski definition) is 2. The minimum atomic E-state index is 0. The van der Waals surface area contributed by atoms with Crippen LogP contribution < -0.4 is 10.4 Å². The number of imidazole rings is 1. The lowest BCUT2D eigenvalue weighted by Gasteiger charge is -2.10. The van der Waals surface area contributed by atoms with Gasteiger partial charge < -0.3 is 13.9 Å². The largest absolute Gasteiger partial charge is 0.491 e. The quantitative estimate of drug-likeness (QED) is 0.644. The van der Waals surface area contributed by atoms with Crippen molar-refractivity contribution in [3.8, 4) is 5.75 Å². The van der Waals surface area contributed by atoms with Crippen molar-refractivity contribution in [2.75, 3.05) is 6.61 Å². The van der Waals surface area contributed by atoms with Gasteiger partial charge in [-0.05, 0) is 36.6 Å². The van der Waals surface area contributed by atoms with Crippen LogP contribution in [0, 0.1) is 18.3 Å². The maximum Gasteiger partial charge on any atom is 0.203 e. The Morgan fingerprint density at radius 1 is 0.960 bits per heavy atom. The summed E-state index contributed by atoms with van der Waals surface area (Å²) in [6.45, 7) is 8.48. The van der Waals surface area contributed by atoms with Crippen molar-refractivity contribution in [3.05, 3.63) is 59.7 Å². The molecule has 0 saturated carbocycles. The van der Waals surface area contributed by atoms with Crippen LogP contribution in [0.5, 0.6) is 5.75 Å². The van der Waals surface area contributed by atoms with Gasteiger partial charge in [0.05, 0.1) is 17.6 Å². The number of ether oxygens (including phenoxy) is 1. The lowest BCUT2D eigenvalue weighted by atomic mass is 10.2. The minimum absolute atomic E-state index is 0. The van der Waals surface area contributed by atoms with E-state index in [1.807, 2.05) is 47.9 Å². The predicted molar refractivity (Wildman–Crippen MR) is 108 cm³/mol. The highest BCUT2D eigenvalue weighted by molar-refractivity contribution is 8.93. The summed E-state index contributed by atoms with van der Waals surface area (Å²) >= 11 is 0. The van der Waals surface area contributed by atoms with Gasteiger partial charge in [-0.3, -0.25) is 5.41 Å². The maximum absolute atomic E-state index is 8.56. The Hall–Kier alpha value is -2.01. The summed E-state index contributed by atoms with van der Waals surface area (Å²) in [5.41, 5.74) is 3.89. The van der Waals surface area contributed by atoms with Gasteiger partial charge in [0, 0.05) is 6.54 Å². The molecule has 0 bridgehead atoms. The Bertz CT molecular complexity index is 895. The first kappa shape index (κ1) is 19.3. The van der Waals surface area contributed by atoms with Gasteiger partial charge in [-0.15, -0.1) is 17.0 Å². The zero-order chi connectivity index (χ0) is 17.1. The van der Waals surface area contributed by atoms with Crippen molar-refractivity contribution in [3.63, 3.8) is 0 Å². The van der Waals surface area contributed by atoms with E-state index in [0.29, 0.717) is 24.7 Å². The Morgan fingerprint density at radius 2 is 1.56 bits per heavy atom. The Labute approximate surface area is 159 Å². The van der Waals surface area contributed by atoms with Crippen molar-refractivity contribution < 1.29 is 4.74 Å². The van der Waals surface area contributed by atoms with E-state index in [2.05, 4.69) is 30.5 Å². The lowest BCUT2D eigenvalue weighted by molar-refractivity contribution is 0.294. The number of aryl methyl sites for hydroxylation is 1. The molecule has 0 aliphatic carbocycles. The molecule has 0 atom stereocenters. The van der Waals surface area contributed by atoms with E-state index in [-0.39, 0.29) is 17.0 Å². The molecule has 0 spiro atoms. The topological polar surface area (TPSA) is 42.9 Å². The fraction of sp³-hybridized carbons (Fsp3) is 0.350. The van der Waals surface area contributed by atoms with Crippen molar-refractivity contribution in [2.24, 2.45) is 5.92 Å². The average molecular weight is 404 g/mol. The summed E-state index contributed by atoms with van der Waals surface area (Å²) in [5.74, 6) is 1.41. The molecule has 0 unspecified atom stereocenters. The van der Waals surface area contributed by atoms with Crippen LogP contribution in [0.25, 0.3) is 11.0 Å². The molecule has 0 saturated heterocycles. The SMILES string of the molecule is Br.Cc1ccccc1OCCn1c(=N)n(CC(C)C)c2ccccc21. The second-order valence-electron chi connectivity index (χ2n) is 6.58. The smallest absolute Gasteiger partial charge is 0.203 e. The fourth-order valence-corrected chi connectivity index (χ4v) is 3.04. The molecular weight excluding hydrogens is 378 g/mol. The average Bonchev–Trinajstić information content (AvgIpc) is 2.82. The Balaban J connectivity index is 0.00000225. The lowest BCUT2D eigenvalue weighted by Crippen LogP contribution is -2.27. The summed E-state index contributed by atoms with van der Waals surface area (Å²) in [4.78, 5) is 0. The van der Waals surface area contributed by atoms with Gasteiger partial charge in [0.2, 0.25) is 5.62 Å². The standard InChI is InChI=1S/C20H25N3O.BrH/c1-15(2)14-23-18-10-6-5-9-17(18)22(20(23)21)12-13-24-19-11-7-4-8-16(19)3;/h4-11,15,21H,12-14H2,1-3H3;1H. The number of halogens is 1. The molecule has 1 N–H and O–H groups in total. The van der Waals surface area contributed by atoms with Gasteiger partial charge in [0.25, 0.3) is 0 Å². The van der Waals surface area contributed by atoms with Crippen LogP contribution in [-0.4, -0.2) is 15.7 Å². The number of para-hydroxylation sites is 3. The summed E-state index contributed by atoms with van der Waals surface area (Å²) in [6, 6.07) is 16.3. The first-order valence-electron chi connectivity index (χ1n) is 8.49. The molecule has 2 aromatic carbocycles. The molecule has 0 aliphatic heterocycles. The summed E-state index contributed by atoms with van der Waals surface area (Å²) in [7, 11) is 0. The van der Waals surface area contributed by atoms with Crippen LogP contribution in [0.15, 0.2) is 48.5 Å². The molecule has 3 aromatic rings. The van der Waals surface area contributed by atoms with Gasteiger partial charge in [-0.2, -0.15) is 0 Å². The van der Waals surface area contributed by atoms with E-state index < -0.39 is 0 Å². The number of aromatic nitrogens is 2. The van der Waals surface area contributed by atoms with Crippen molar-refractivity contribution in [1.82, 2.24) is 9.13 Å². The van der Waals surface area contributed by atoms with Crippen LogP contribution in [0.4, 0.5) is 0 Å². The number of nitrogens with one attached hydrogen (secondary N) is 1. The van der Waals surface area contributed by atoms with Gasteiger partial charge in [0.15, 0.2) is 0 Å². The second kappa shape index (κ2) is 8.39. The van der Waals surface area contributed by atoms with Gasteiger partial charge in [-0.1, -0.05) is 44.2 Å². The molecule has 3 rings (SSSR count). The van der Waals surface area contributed by atoms with E-state index >= 15 is 0 Å². The van der Waals surface area contributed by atoms with Crippen LogP contribution in [0.3, 0.4) is 0 Å². The Morgan fingerprint density at radius 3 is 2.20 bits per heavy atom. The predicted octanol–water partition coefficient (Wildman–Crippen LogP) is 4.54. The van der Waals surface area contributed by atoms with Gasteiger partial charge >= 0.3 is 0 Å². The highest BCUT2D eigenvalue weighted by Crippen LogP contribution is 2.17. The van der Waals surface area contributed by atoms with E-state index in [4.69, 9.17) is 10.1 Å². The molecule has 0 aliphatic rings. The summed E-state index contributed by atoms with van der Waals surface area (Å²) in [6.07, 6.45) is 0. The minimum Gasteiger partial charge on any atom is -0.491 e. The summed E-state index contributed by atoms with van der Waals surface area (Å²) in [5, 5.41) is 8.56. The van der Waals surface area contributed by atoms with Crippen LogP contribution in [0.2, 0.25) is 0 Å². The van der Waals surface area contributed by atoms with E-state index in [1.165, 1.54) is 0 Å². The van der Waals surface area contributed by atoms with Crippen molar-refractivity contribution in [2.45, 2.75) is 33.9 Å². The van der Waals surface area contributed by atoms with Crippen molar-refractivity contribution >= 4 is 28.0 Å². The Kier molecular flexibility index (Phi) is 6.48. The first-order chi connectivity index (χ1) is 11.6. The summed E-state index contributed by atoms with van der Waals surface area (Å²) < 4.78 is 10.1. The van der Waals surface area contributed by atoms with Crippen LogP contribution in [0.1, 0.15) is 19.4 Å². The number of rotatable bonds is 6.